The van der Waals surface area contributed by atoms with E-state index < -0.39 is 0 Å². The number of hydrogen-bond acceptors (Lipinski definition) is 3. The molecule has 1 aromatic carbocycles. The Kier molecular flexibility index (Phi) is 4.05. The average Bonchev–Trinajstić information content (AvgIpc) is 2.34. The van der Waals surface area contributed by atoms with Gasteiger partial charge >= 0.3 is 0 Å². The van der Waals surface area contributed by atoms with Gasteiger partial charge in [0.1, 0.15) is 13.2 Å². The van der Waals surface area contributed by atoms with Crippen molar-refractivity contribution in [1.29, 1.82) is 0 Å². The summed E-state index contributed by atoms with van der Waals surface area (Å²) in [5.41, 5.74) is 1.32. The summed E-state index contributed by atoms with van der Waals surface area (Å²) in [5.74, 6) is 1.77. The highest BCUT2D eigenvalue weighted by atomic mass is 16.6. The molecule has 1 aliphatic rings. The molecule has 0 spiro atoms. The molecule has 0 atom stereocenters. The Morgan fingerprint density at radius 2 is 2.00 bits per heavy atom. The van der Waals surface area contributed by atoms with Gasteiger partial charge in [-0.1, -0.05) is 13.0 Å². The van der Waals surface area contributed by atoms with Crippen LogP contribution in [0.15, 0.2) is 18.2 Å². The van der Waals surface area contributed by atoms with Crippen molar-refractivity contribution in [1.82, 2.24) is 5.32 Å². The fourth-order valence-corrected chi connectivity index (χ4v) is 1.84. The Labute approximate surface area is 96.8 Å². The zero-order valence-electron chi connectivity index (χ0n) is 9.79. The quantitative estimate of drug-likeness (QED) is 0.771. The summed E-state index contributed by atoms with van der Waals surface area (Å²) < 4.78 is 11.0. The minimum atomic E-state index is 0.659. The molecule has 3 heteroatoms. The minimum absolute atomic E-state index is 0.659. The molecule has 16 heavy (non-hydrogen) atoms. The van der Waals surface area contributed by atoms with Gasteiger partial charge in [0.05, 0.1) is 0 Å². The summed E-state index contributed by atoms with van der Waals surface area (Å²) in [6.07, 6.45) is 2.25. The van der Waals surface area contributed by atoms with E-state index in [9.17, 15) is 0 Å². The molecule has 0 fully saturated rings. The Balaban J connectivity index is 1.90. The van der Waals surface area contributed by atoms with Crippen molar-refractivity contribution < 1.29 is 9.47 Å². The maximum Gasteiger partial charge on any atom is 0.161 e. The lowest BCUT2D eigenvalue weighted by Crippen LogP contribution is -2.16. The topological polar surface area (TPSA) is 30.5 Å². The van der Waals surface area contributed by atoms with E-state index in [1.54, 1.807) is 0 Å². The van der Waals surface area contributed by atoms with E-state index >= 15 is 0 Å². The van der Waals surface area contributed by atoms with Crippen molar-refractivity contribution in [2.75, 3.05) is 26.3 Å². The van der Waals surface area contributed by atoms with Gasteiger partial charge in [0.2, 0.25) is 0 Å². The SMILES string of the molecule is CCNCCCc1ccc2c(c1)OCCO2. The second-order valence-electron chi connectivity index (χ2n) is 3.94. The molecule has 0 bridgehead atoms. The van der Waals surface area contributed by atoms with Gasteiger partial charge in [-0.15, -0.1) is 0 Å². The minimum Gasteiger partial charge on any atom is -0.486 e. The highest BCUT2D eigenvalue weighted by Crippen LogP contribution is 2.30. The molecule has 3 nitrogen and oxygen atoms in total. The molecule has 88 valence electrons. The first kappa shape index (κ1) is 11.3. The number of benzene rings is 1. The Morgan fingerprint density at radius 1 is 1.19 bits per heavy atom. The monoisotopic (exact) mass is 221 g/mol. The maximum absolute atomic E-state index is 5.55. The predicted octanol–water partition coefficient (Wildman–Crippen LogP) is 2.00. The van der Waals surface area contributed by atoms with Crippen LogP contribution in [0.2, 0.25) is 0 Å². The number of nitrogens with one attached hydrogen (secondary N) is 1. The summed E-state index contributed by atoms with van der Waals surface area (Å²) in [5, 5.41) is 3.32. The van der Waals surface area contributed by atoms with Gasteiger partial charge in [0.25, 0.3) is 0 Å². The fraction of sp³-hybridized carbons (Fsp3) is 0.538. The van der Waals surface area contributed by atoms with Crippen molar-refractivity contribution in [2.24, 2.45) is 0 Å². The maximum atomic E-state index is 5.55. The lowest BCUT2D eigenvalue weighted by molar-refractivity contribution is 0.171. The normalized spacial score (nSPS) is 13.8. The molecule has 0 unspecified atom stereocenters. The molecular weight excluding hydrogens is 202 g/mol. The van der Waals surface area contributed by atoms with Gasteiger partial charge < -0.3 is 14.8 Å². The molecule has 0 saturated carbocycles. The second-order valence-corrected chi connectivity index (χ2v) is 3.94. The molecule has 1 N–H and O–H groups in total. The molecule has 1 heterocycles. The Bertz CT molecular complexity index is 339. The van der Waals surface area contributed by atoms with E-state index in [4.69, 9.17) is 9.47 Å². The molecule has 1 aromatic rings. The van der Waals surface area contributed by atoms with Crippen LogP contribution in [-0.2, 0) is 6.42 Å². The lowest BCUT2D eigenvalue weighted by Gasteiger charge is -2.18. The molecule has 0 radical (unpaired) electrons. The molecule has 0 saturated heterocycles. The average molecular weight is 221 g/mol. The molecular formula is C13H19NO2. The summed E-state index contributed by atoms with van der Waals surface area (Å²) in [4.78, 5) is 0. The van der Waals surface area contributed by atoms with Gasteiger partial charge in [-0.3, -0.25) is 0 Å². The van der Waals surface area contributed by atoms with E-state index in [0.29, 0.717) is 13.2 Å². The number of ether oxygens (including phenoxy) is 2. The van der Waals surface area contributed by atoms with Crippen LogP contribution >= 0.6 is 0 Å². The lowest BCUT2D eigenvalue weighted by atomic mass is 10.1. The van der Waals surface area contributed by atoms with Crippen LogP contribution in [0.4, 0.5) is 0 Å². The van der Waals surface area contributed by atoms with Crippen LogP contribution < -0.4 is 14.8 Å². The highest BCUT2D eigenvalue weighted by molar-refractivity contribution is 5.43. The standard InChI is InChI=1S/C13H19NO2/c1-2-14-7-3-4-11-5-6-12-13(10-11)16-9-8-15-12/h5-6,10,14H,2-4,7-9H2,1H3. The van der Waals surface area contributed by atoms with Crippen LogP contribution in [0.25, 0.3) is 0 Å². The van der Waals surface area contributed by atoms with Crippen molar-refractivity contribution in [3.8, 4) is 11.5 Å². The third-order valence-electron chi connectivity index (χ3n) is 2.68. The fourth-order valence-electron chi connectivity index (χ4n) is 1.84. The van der Waals surface area contributed by atoms with Crippen molar-refractivity contribution in [3.05, 3.63) is 23.8 Å². The summed E-state index contributed by atoms with van der Waals surface area (Å²) >= 11 is 0. The third-order valence-corrected chi connectivity index (χ3v) is 2.68. The number of fused-ring (bicyclic) bond motifs is 1. The van der Waals surface area contributed by atoms with Crippen LogP contribution in [0.5, 0.6) is 11.5 Å². The van der Waals surface area contributed by atoms with Gasteiger partial charge in [-0.25, -0.2) is 0 Å². The molecule has 1 aliphatic heterocycles. The smallest absolute Gasteiger partial charge is 0.161 e. The van der Waals surface area contributed by atoms with Crippen LogP contribution in [0.1, 0.15) is 18.9 Å². The Morgan fingerprint density at radius 3 is 2.81 bits per heavy atom. The molecule has 0 aromatic heterocycles. The van der Waals surface area contributed by atoms with E-state index in [-0.39, 0.29) is 0 Å². The second kappa shape index (κ2) is 5.75. The number of hydrogen-bond donors (Lipinski definition) is 1. The van der Waals surface area contributed by atoms with E-state index in [0.717, 1.165) is 37.4 Å². The zero-order chi connectivity index (χ0) is 11.2. The van der Waals surface area contributed by atoms with Crippen LogP contribution in [0.3, 0.4) is 0 Å². The van der Waals surface area contributed by atoms with Gasteiger partial charge in [-0.2, -0.15) is 0 Å². The first-order valence-corrected chi connectivity index (χ1v) is 5.99. The third kappa shape index (κ3) is 2.89. The summed E-state index contributed by atoms with van der Waals surface area (Å²) in [7, 11) is 0. The molecule has 2 rings (SSSR count). The van der Waals surface area contributed by atoms with E-state index in [1.165, 1.54) is 5.56 Å². The van der Waals surface area contributed by atoms with Crippen LogP contribution in [0, 0.1) is 0 Å². The summed E-state index contributed by atoms with van der Waals surface area (Å²) in [6.45, 7) is 5.57. The molecule has 0 amide bonds. The van der Waals surface area contributed by atoms with Crippen molar-refractivity contribution in [3.63, 3.8) is 0 Å². The first-order chi connectivity index (χ1) is 7.90. The summed E-state index contributed by atoms with van der Waals surface area (Å²) in [6, 6.07) is 6.23. The van der Waals surface area contributed by atoms with Gasteiger partial charge in [0, 0.05) is 0 Å². The van der Waals surface area contributed by atoms with E-state index in [2.05, 4.69) is 24.4 Å². The van der Waals surface area contributed by atoms with Gasteiger partial charge in [-0.05, 0) is 43.6 Å². The number of rotatable bonds is 5. The Hall–Kier alpha value is -1.22. The molecule has 0 aliphatic carbocycles. The van der Waals surface area contributed by atoms with Crippen molar-refractivity contribution >= 4 is 0 Å². The largest absolute Gasteiger partial charge is 0.486 e. The van der Waals surface area contributed by atoms with Crippen molar-refractivity contribution in [2.45, 2.75) is 19.8 Å². The number of aryl methyl sites for hydroxylation is 1. The predicted molar refractivity (Wildman–Crippen MR) is 64.3 cm³/mol. The zero-order valence-corrected chi connectivity index (χ0v) is 9.79. The first-order valence-electron chi connectivity index (χ1n) is 5.99. The van der Waals surface area contributed by atoms with E-state index in [1.807, 2.05) is 6.07 Å². The van der Waals surface area contributed by atoms with Gasteiger partial charge in [0.15, 0.2) is 11.5 Å². The highest BCUT2D eigenvalue weighted by Gasteiger charge is 2.11. The van der Waals surface area contributed by atoms with Crippen LogP contribution in [-0.4, -0.2) is 26.3 Å².